The molecular formula is C18H15F3N4O2S. The highest BCUT2D eigenvalue weighted by Crippen LogP contribution is 2.30. The minimum absolute atomic E-state index is 0.0708. The van der Waals surface area contributed by atoms with Crippen LogP contribution >= 0.6 is 0 Å². The van der Waals surface area contributed by atoms with Gasteiger partial charge >= 0.3 is 6.18 Å². The van der Waals surface area contributed by atoms with Gasteiger partial charge in [0.1, 0.15) is 5.69 Å². The summed E-state index contributed by atoms with van der Waals surface area (Å²) in [4.78, 5) is 19.4. The molecular weight excluding hydrogens is 393 g/mol. The van der Waals surface area contributed by atoms with Crippen molar-refractivity contribution < 1.29 is 17.4 Å². The maximum absolute atomic E-state index is 13.1. The second-order valence-corrected chi connectivity index (χ2v) is 7.27. The van der Waals surface area contributed by atoms with E-state index in [-0.39, 0.29) is 23.4 Å². The Kier molecular flexibility index (Phi) is 5.32. The quantitative estimate of drug-likeness (QED) is 0.530. The van der Waals surface area contributed by atoms with E-state index in [1.807, 2.05) is 0 Å². The molecule has 0 aliphatic heterocycles. The van der Waals surface area contributed by atoms with E-state index < -0.39 is 27.8 Å². The Bertz CT molecular complexity index is 1100. The number of halogens is 3. The number of anilines is 1. The zero-order chi connectivity index (χ0) is 20.5. The van der Waals surface area contributed by atoms with Gasteiger partial charge in [0.05, 0.1) is 23.0 Å². The molecule has 0 spiro atoms. The molecule has 6 nitrogen and oxygen atoms in total. The number of hydrogen-bond donors (Lipinski definition) is 1. The summed E-state index contributed by atoms with van der Waals surface area (Å²) in [6.45, 7) is 0.205. The van der Waals surface area contributed by atoms with Gasteiger partial charge in [-0.2, -0.15) is 13.2 Å². The Labute approximate surface area is 160 Å². The third kappa shape index (κ3) is 4.45. The number of nitrogen functional groups attached to an aromatic ring is 1. The maximum atomic E-state index is 13.1. The number of nitrogens with zero attached hydrogens (tertiary/aromatic N) is 3. The Balaban J connectivity index is 2.06. The van der Waals surface area contributed by atoms with Crippen LogP contribution in [0.25, 0.3) is 11.3 Å². The molecule has 0 saturated heterocycles. The van der Waals surface area contributed by atoms with Crippen molar-refractivity contribution in [3.05, 3.63) is 70.3 Å². The number of pyridine rings is 1. The van der Waals surface area contributed by atoms with Crippen LogP contribution in [0.2, 0.25) is 0 Å². The highest BCUT2D eigenvalue weighted by atomic mass is 32.2. The monoisotopic (exact) mass is 408 g/mol. The first-order valence-electron chi connectivity index (χ1n) is 7.98. The van der Waals surface area contributed by atoms with Gasteiger partial charge < -0.3 is 10.3 Å². The molecule has 3 rings (SSSR count). The lowest BCUT2D eigenvalue weighted by atomic mass is 10.1. The van der Waals surface area contributed by atoms with E-state index >= 15 is 0 Å². The van der Waals surface area contributed by atoms with Crippen molar-refractivity contribution in [3.63, 3.8) is 0 Å². The van der Waals surface area contributed by atoms with Gasteiger partial charge in [0.15, 0.2) is 0 Å². The number of alkyl halides is 3. The van der Waals surface area contributed by atoms with E-state index in [1.54, 1.807) is 24.3 Å². The van der Waals surface area contributed by atoms with Gasteiger partial charge in [-0.05, 0) is 29.8 Å². The number of aromatic nitrogens is 3. The largest absolute Gasteiger partial charge is 0.433 e. The Morgan fingerprint density at radius 3 is 2.39 bits per heavy atom. The Hall–Kier alpha value is -3.01. The number of rotatable bonds is 4. The SMILES string of the molecule is CS(=O)c1nc(-c2ccc(=O)n(Cc3ccc(N)cc3)c2)cc(C(F)(F)F)n1. The van der Waals surface area contributed by atoms with Crippen LogP contribution in [0.1, 0.15) is 11.3 Å². The molecule has 0 fully saturated rings. The molecule has 2 heterocycles. The molecule has 1 atom stereocenters. The summed E-state index contributed by atoms with van der Waals surface area (Å²) in [5.74, 6) is 0. The van der Waals surface area contributed by atoms with Crippen LogP contribution in [0.15, 0.2) is 58.6 Å². The van der Waals surface area contributed by atoms with E-state index in [0.717, 1.165) is 11.6 Å². The van der Waals surface area contributed by atoms with Crippen LogP contribution in [0.5, 0.6) is 0 Å². The summed E-state index contributed by atoms with van der Waals surface area (Å²) in [6.07, 6.45) is -2.12. The van der Waals surface area contributed by atoms with Crippen LogP contribution in [-0.2, 0) is 23.5 Å². The van der Waals surface area contributed by atoms with Crippen LogP contribution in [0, 0.1) is 0 Å². The van der Waals surface area contributed by atoms with Crippen molar-refractivity contribution in [1.29, 1.82) is 0 Å². The van der Waals surface area contributed by atoms with Crippen molar-refractivity contribution in [2.45, 2.75) is 17.9 Å². The van der Waals surface area contributed by atoms with Gasteiger partial charge in [0, 0.05) is 29.8 Å². The summed E-state index contributed by atoms with van der Waals surface area (Å²) in [5.41, 5.74) is 5.68. The van der Waals surface area contributed by atoms with Crippen molar-refractivity contribution in [2.75, 3.05) is 12.0 Å². The van der Waals surface area contributed by atoms with Crippen LogP contribution in [0.3, 0.4) is 0 Å². The van der Waals surface area contributed by atoms with Crippen molar-refractivity contribution in [1.82, 2.24) is 14.5 Å². The molecule has 0 bridgehead atoms. The van der Waals surface area contributed by atoms with E-state index in [4.69, 9.17) is 5.73 Å². The molecule has 2 N–H and O–H groups in total. The molecule has 0 radical (unpaired) electrons. The van der Waals surface area contributed by atoms with E-state index in [2.05, 4.69) is 9.97 Å². The topological polar surface area (TPSA) is 90.9 Å². The highest BCUT2D eigenvalue weighted by Gasteiger charge is 2.34. The van der Waals surface area contributed by atoms with Crippen LogP contribution < -0.4 is 11.3 Å². The first-order valence-corrected chi connectivity index (χ1v) is 9.54. The van der Waals surface area contributed by atoms with Crippen molar-refractivity contribution >= 4 is 16.5 Å². The van der Waals surface area contributed by atoms with Gasteiger partial charge in [0.25, 0.3) is 5.56 Å². The molecule has 3 aromatic rings. The zero-order valence-electron chi connectivity index (χ0n) is 14.6. The van der Waals surface area contributed by atoms with Gasteiger partial charge in [-0.25, -0.2) is 9.97 Å². The molecule has 2 aromatic heterocycles. The van der Waals surface area contributed by atoms with Crippen molar-refractivity contribution in [2.24, 2.45) is 0 Å². The molecule has 28 heavy (non-hydrogen) atoms. The van der Waals surface area contributed by atoms with E-state index in [9.17, 15) is 22.2 Å². The third-order valence-electron chi connectivity index (χ3n) is 3.87. The molecule has 0 aliphatic carbocycles. The summed E-state index contributed by atoms with van der Waals surface area (Å²) in [6, 6.07) is 10.2. The number of benzene rings is 1. The normalized spacial score (nSPS) is 12.7. The smallest absolute Gasteiger partial charge is 0.399 e. The second-order valence-electron chi connectivity index (χ2n) is 6.00. The molecule has 1 aromatic carbocycles. The van der Waals surface area contributed by atoms with Crippen LogP contribution in [-0.4, -0.2) is 25.0 Å². The fraction of sp³-hybridized carbons (Fsp3) is 0.167. The predicted octanol–water partition coefficient (Wildman–Crippen LogP) is 2.69. The minimum Gasteiger partial charge on any atom is -0.399 e. The van der Waals surface area contributed by atoms with Crippen molar-refractivity contribution in [3.8, 4) is 11.3 Å². The fourth-order valence-corrected chi connectivity index (χ4v) is 2.93. The second kappa shape index (κ2) is 7.55. The van der Waals surface area contributed by atoms with E-state index in [0.29, 0.717) is 5.69 Å². The Morgan fingerprint density at radius 2 is 1.79 bits per heavy atom. The van der Waals surface area contributed by atoms with Crippen LogP contribution in [0.4, 0.5) is 18.9 Å². The lowest BCUT2D eigenvalue weighted by Crippen LogP contribution is -2.19. The number of hydrogen-bond acceptors (Lipinski definition) is 5. The average Bonchev–Trinajstić information content (AvgIpc) is 2.64. The molecule has 0 aliphatic rings. The standard InChI is InChI=1S/C18H15F3N4O2S/c1-28(27)17-23-14(8-15(24-17)18(19,20)21)12-4-7-16(26)25(10-12)9-11-2-5-13(22)6-3-11/h2-8,10H,9,22H2,1H3. The maximum Gasteiger partial charge on any atom is 0.433 e. The summed E-state index contributed by atoms with van der Waals surface area (Å²) in [5, 5.41) is -0.430. The molecule has 0 amide bonds. The molecule has 1 unspecified atom stereocenters. The van der Waals surface area contributed by atoms with Gasteiger partial charge in [-0.1, -0.05) is 12.1 Å². The van der Waals surface area contributed by atoms with Gasteiger partial charge in [-0.3, -0.25) is 9.00 Å². The average molecular weight is 408 g/mol. The first kappa shape index (κ1) is 19.7. The zero-order valence-corrected chi connectivity index (χ0v) is 15.4. The summed E-state index contributed by atoms with van der Waals surface area (Å²) in [7, 11) is -1.80. The van der Waals surface area contributed by atoms with Gasteiger partial charge in [-0.15, -0.1) is 0 Å². The molecule has 10 heteroatoms. The molecule has 0 saturated carbocycles. The predicted molar refractivity (Wildman–Crippen MR) is 99.0 cm³/mol. The minimum atomic E-state index is -4.72. The van der Waals surface area contributed by atoms with Gasteiger partial charge in [0.2, 0.25) is 5.16 Å². The number of nitrogens with two attached hydrogens (primary N) is 1. The Morgan fingerprint density at radius 1 is 1.11 bits per heavy atom. The molecule has 146 valence electrons. The highest BCUT2D eigenvalue weighted by molar-refractivity contribution is 7.84. The first-order chi connectivity index (χ1) is 13.1. The summed E-state index contributed by atoms with van der Waals surface area (Å²) < 4.78 is 52.4. The third-order valence-corrected chi connectivity index (χ3v) is 4.56. The lowest BCUT2D eigenvalue weighted by molar-refractivity contribution is -0.141. The lowest BCUT2D eigenvalue weighted by Gasteiger charge is -2.11. The summed E-state index contributed by atoms with van der Waals surface area (Å²) >= 11 is 0. The van der Waals surface area contributed by atoms with E-state index in [1.165, 1.54) is 29.2 Å². The fourth-order valence-electron chi connectivity index (χ4n) is 2.47.